The summed E-state index contributed by atoms with van der Waals surface area (Å²) in [5, 5.41) is 0. The van der Waals surface area contributed by atoms with Gasteiger partial charge in [-0.1, -0.05) is 86.1 Å². The van der Waals surface area contributed by atoms with E-state index in [4.69, 9.17) is 18.9 Å². The van der Waals surface area contributed by atoms with Crippen LogP contribution in [0.1, 0.15) is 61.2 Å². The van der Waals surface area contributed by atoms with Crippen molar-refractivity contribution in [1.82, 2.24) is 0 Å². The molecular weight excluding hydrogens is 548 g/mol. The van der Waals surface area contributed by atoms with Gasteiger partial charge < -0.3 is 18.9 Å². The van der Waals surface area contributed by atoms with Gasteiger partial charge in [0.05, 0.1) is 22.3 Å². The fourth-order valence-corrected chi connectivity index (χ4v) is 4.30. The third-order valence-electron chi connectivity index (χ3n) is 6.48. The number of hydrogen-bond donors (Lipinski definition) is 0. The second kappa shape index (κ2) is 15.7. The van der Waals surface area contributed by atoms with Gasteiger partial charge in [-0.15, -0.1) is 0 Å². The van der Waals surface area contributed by atoms with Gasteiger partial charge in [0.25, 0.3) is 0 Å². The first-order valence-electron chi connectivity index (χ1n) is 14.0. The maximum Gasteiger partial charge on any atom is 0.338 e. The van der Waals surface area contributed by atoms with Crippen LogP contribution in [0.5, 0.6) is 0 Å². The number of benzene rings is 4. The SMILES string of the molecule is CCC[C@H](OC(=O)c1ccccc1)[C@@H](OC(=O)c1ccccc1)[C@H](COC(=O)c1ccccc1)OC(=O)c1ccccc1. The largest absolute Gasteiger partial charge is 0.458 e. The van der Waals surface area contributed by atoms with Crippen molar-refractivity contribution < 1.29 is 38.1 Å². The highest BCUT2D eigenvalue weighted by molar-refractivity contribution is 5.91. The lowest BCUT2D eigenvalue weighted by Crippen LogP contribution is -2.48. The lowest BCUT2D eigenvalue weighted by Gasteiger charge is -2.32. The average molecular weight is 581 g/mol. The summed E-state index contributed by atoms with van der Waals surface area (Å²) >= 11 is 0. The van der Waals surface area contributed by atoms with Crippen LogP contribution in [0.2, 0.25) is 0 Å². The molecule has 0 unspecified atom stereocenters. The molecule has 0 amide bonds. The van der Waals surface area contributed by atoms with E-state index in [-0.39, 0.29) is 23.1 Å². The zero-order valence-corrected chi connectivity index (χ0v) is 23.7. The molecule has 0 aliphatic rings. The fourth-order valence-electron chi connectivity index (χ4n) is 4.30. The van der Waals surface area contributed by atoms with E-state index in [0.29, 0.717) is 12.0 Å². The van der Waals surface area contributed by atoms with Crippen LogP contribution in [-0.4, -0.2) is 48.8 Å². The predicted octanol–water partition coefficient (Wildman–Crippen LogP) is 6.32. The van der Waals surface area contributed by atoms with E-state index in [2.05, 4.69) is 0 Å². The Balaban J connectivity index is 1.69. The molecule has 43 heavy (non-hydrogen) atoms. The van der Waals surface area contributed by atoms with Gasteiger partial charge in [0.1, 0.15) is 12.7 Å². The average Bonchev–Trinajstić information content (AvgIpc) is 3.06. The zero-order valence-electron chi connectivity index (χ0n) is 23.7. The second-order valence-corrected chi connectivity index (χ2v) is 9.61. The molecule has 220 valence electrons. The molecule has 4 rings (SSSR count). The van der Waals surface area contributed by atoms with Gasteiger partial charge in [0.2, 0.25) is 0 Å². The van der Waals surface area contributed by atoms with Crippen LogP contribution >= 0.6 is 0 Å². The Morgan fingerprint density at radius 2 is 0.837 bits per heavy atom. The number of ether oxygens (including phenoxy) is 4. The summed E-state index contributed by atoms with van der Waals surface area (Å²) in [5.41, 5.74) is 1.06. The summed E-state index contributed by atoms with van der Waals surface area (Å²) < 4.78 is 23.2. The predicted molar refractivity (Wildman–Crippen MR) is 159 cm³/mol. The van der Waals surface area contributed by atoms with Gasteiger partial charge in [-0.05, 0) is 55.0 Å². The number of carbonyl (C=O) groups excluding carboxylic acids is 4. The highest BCUT2D eigenvalue weighted by Gasteiger charge is 2.39. The molecule has 0 saturated carbocycles. The first kappa shape index (κ1) is 30.7. The van der Waals surface area contributed by atoms with Crippen molar-refractivity contribution in [3.8, 4) is 0 Å². The molecule has 4 aromatic rings. The smallest absolute Gasteiger partial charge is 0.338 e. The van der Waals surface area contributed by atoms with Crippen molar-refractivity contribution in [3.63, 3.8) is 0 Å². The first-order chi connectivity index (χ1) is 21.0. The lowest BCUT2D eigenvalue weighted by molar-refractivity contribution is -0.103. The van der Waals surface area contributed by atoms with Crippen molar-refractivity contribution in [1.29, 1.82) is 0 Å². The van der Waals surface area contributed by atoms with Crippen LogP contribution in [0.15, 0.2) is 121 Å². The van der Waals surface area contributed by atoms with Crippen molar-refractivity contribution in [2.24, 2.45) is 0 Å². The molecule has 8 nitrogen and oxygen atoms in total. The minimum absolute atomic E-state index is 0.239. The van der Waals surface area contributed by atoms with E-state index in [1.165, 1.54) is 0 Å². The molecule has 0 spiro atoms. The standard InChI is InChI=1S/C35H32O8/c1-2-15-29(41-33(37)26-18-9-4-10-19-26)31(43-35(39)28-22-13-6-14-23-28)30(42-34(38)27-20-11-5-12-21-27)24-40-32(36)25-16-7-3-8-17-25/h3-14,16-23,29-31H,2,15,24H2,1H3/t29-,30-,31+/m0/s1. The zero-order chi connectivity index (χ0) is 30.4. The van der Waals surface area contributed by atoms with Crippen LogP contribution in [0.3, 0.4) is 0 Å². The molecule has 0 fully saturated rings. The van der Waals surface area contributed by atoms with E-state index >= 15 is 0 Å². The van der Waals surface area contributed by atoms with E-state index in [0.717, 1.165) is 0 Å². The fraction of sp³-hybridized carbons (Fsp3) is 0.200. The Morgan fingerprint density at radius 1 is 0.488 bits per heavy atom. The van der Waals surface area contributed by atoms with Gasteiger partial charge >= 0.3 is 23.9 Å². The van der Waals surface area contributed by atoms with Gasteiger partial charge in [0, 0.05) is 0 Å². The van der Waals surface area contributed by atoms with Gasteiger partial charge in [0.15, 0.2) is 12.2 Å². The normalized spacial score (nSPS) is 12.7. The summed E-state index contributed by atoms with van der Waals surface area (Å²) in [6, 6.07) is 33.2. The lowest BCUT2D eigenvalue weighted by atomic mass is 10.0. The first-order valence-corrected chi connectivity index (χ1v) is 14.0. The molecular formula is C35H32O8. The number of esters is 4. The minimum Gasteiger partial charge on any atom is -0.458 e. The Kier molecular flexibility index (Phi) is 11.2. The van der Waals surface area contributed by atoms with Gasteiger partial charge in [-0.25, -0.2) is 19.2 Å². The molecule has 3 atom stereocenters. The van der Waals surface area contributed by atoms with Gasteiger partial charge in [-0.3, -0.25) is 0 Å². The molecule has 0 aliphatic carbocycles. The Labute approximate surface area is 250 Å². The topological polar surface area (TPSA) is 105 Å². The monoisotopic (exact) mass is 580 g/mol. The van der Waals surface area contributed by atoms with Crippen molar-refractivity contribution >= 4 is 23.9 Å². The molecule has 0 heterocycles. The van der Waals surface area contributed by atoms with Gasteiger partial charge in [-0.2, -0.15) is 0 Å². The van der Waals surface area contributed by atoms with Crippen LogP contribution < -0.4 is 0 Å². The Bertz CT molecular complexity index is 1470. The van der Waals surface area contributed by atoms with Crippen molar-refractivity contribution in [2.75, 3.05) is 6.61 Å². The molecule has 0 aliphatic heterocycles. The summed E-state index contributed by atoms with van der Waals surface area (Å²) in [5.74, 6) is -2.76. The maximum absolute atomic E-state index is 13.3. The summed E-state index contributed by atoms with van der Waals surface area (Å²) in [6.45, 7) is 1.40. The van der Waals surface area contributed by atoms with Crippen LogP contribution in [0.25, 0.3) is 0 Å². The van der Waals surface area contributed by atoms with Crippen molar-refractivity contribution in [2.45, 2.75) is 38.1 Å². The number of carbonyl (C=O) groups is 4. The van der Waals surface area contributed by atoms with E-state index < -0.39 is 48.8 Å². The second-order valence-electron chi connectivity index (χ2n) is 9.61. The maximum atomic E-state index is 13.3. The quantitative estimate of drug-likeness (QED) is 0.134. The van der Waals surface area contributed by atoms with Crippen LogP contribution in [0.4, 0.5) is 0 Å². The molecule has 8 heteroatoms. The summed E-state index contributed by atoms with van der Waals surface area (Å²) in [7, 11) is 0. The van der Waals surface area contributed by atoms with E-state index in [1.807, 2.05) is 6.92 Å². The van der Waals surface area contributed by atoms with Crippen molar-refractivity contribution in [3.05, 3.63) is 144 Å². The van der Waals surface area contributed by atoms with Crippen LogP contribution in [0, 0.1) is 0 Å². The Hall–Kier alpha value is -5.24. The molecule has 4 aromatic carbocycles. The molecule has 0 saturated heterocycles. The van der Waals surface area contributed by atoms with E-state index in [9.17, 15) is 19.2 Å². The highest BCUT2D eigenvalue weighted by Crippen LogP contribution is 2.22. The molecule has 0 N–H and O–H groups in total. The highest BCUT2D eigenvalue weighted by atomic mass is 16.6. The third-order valence-corrected chi connectivity index (χ3v) is 6.48. The third kappa shape index (κ3) is 8.87. The van der Waals surface area contributed by atoms with E-state index in [1.54, 1.807) is 121 Å². The Morgan fingerprint density at radius 3 is 1.23 bits per heavy atom. The molecule has 0 radical (unpaired) electrons. The summed E-state index contributed by atoms with van der Waals surface area (Å²) in [6.07, 6.45) is -2.90. The number of hydrogen-bond acceptors (Lipinski definition) is 8. The number of rotatable bonds is 13. The minimum atomic E-state index is -1.33. The van der Waals surface area contributed by atoms with Crippen LogP contribution in [-0.2, 0) is 18.9 Å². The molecule has 0 bridgehead atoms. The summed E-state index contributed by atoms with van der Waals surface area (Å²) in [4.78, 5) is 52.6. The molecule has 0 aromatic heterocycles.